The summed E-state index contributed by atoms with van der Waals surface area (Å²) >= 11 is 1.61. The second-order valence-electron chi connectivity index (χ2n) is 4.64. The summed E-state index contributed by atoms with van der Waals surface area (Å²) in [5, 5.41) is 9.09. The number of rotatable bonds is 3. The molecular weight excluding hydrogens is 277 g/mol. The summed E-state index contributed by atoms with van der Waals surface area (Å²) in [7, 11) is 0. The Labute approximate surface area is 111 Å². The fourth-order valence-corrected chi connectivity index (χ4v) is 3.17. The normalized spacial score (nSPS) is 25.7. The van der Waals surface area contributed by atoms with E-state index in [4.69, 9.17) is 5.11 Å². The van der Waals surface area contributed by atoms with Gasteiger partial charge in [-0.25, -0.2) is 0 Å². The molecule has 1 N–H and O–H groups in total. The second-order valence-corrected chi connectivity index (χ2v) is 6.03. The van der Waals surface area contributed by atoms with Crippen LogP contribution in [0.2, 0.25) is 0 Å². The summed E-state index contributed by atoms with van der Waals surface area (Å²) in [6.45, 7) is 0.911. The van der Waals surface area contributed by atoms with Crippen molar-refractivity contribution in [3.05, 3.63) is 35.9 Å². The number of carboxylic acids is 1. The minimum atomic E-state index is -0.635. The molecule has 0 aromatic heterocycles. The zero-order chi connectivity index (χ0) is 12.3. The Balaban J connectivity index is 2.01. The van der Waals surface area contributed by atoms with E-state index in [2.05, 4.69) is 15.9 Å². The summed E-state index contributed by atoms with van der Waals surface area (Å²) < 4.78 is 2.35. The molecule has 0 bridgehead atoms. The molecule has 3 atom stereocenters. The van der Waals surface area contributed by atoms with Gasteiger partial charge in [-0.05, 0) is 0 Å². The molecule has 1 aliphatic rings. The van der Waals surface area contributed by atoms with Crippen LogP contribution < -0.4 is 0 Å². The molecular formula is C13H18AsNO2. The van der Waals surface area contributed by atoms with Crippen LogP contribution in [0.4, 0.5) is 0 Å². The van der Waals surface area contributed by atoms with Crippen LogP contribution >= 0.6 is 0 Å². The molecule has 4 heteroatoms. The van der Waals surface area contributed by atoms with Crippen LogP contribution in [0, 0.1) is 5.92 Å². The summed E-state index contributed by atoms with van der Waals surface area (Å²) in [6, 6.07) is 10.7. The van der Waals surface area contributed by atoms with Crippen molar-refractivity contribution in [3.8, 4) is 0 Å². The van der Waals surface area contributed by atoms with Crippen molar-refractivity contribution in [1.82, 2.24) is 3.82 Å². The summed E-state index contributed by atoms with van der Waals surface area (Å²) in [4.78, 5) is 11.0. The Morgan fingerprint density at radius 2 is 2.12 bits per heavy atom. The Morgan fingerprint density at radius 1 is 1.41 bits per heavy atom. The molecule has 1 heterocycles. The summed E-state index contributed by atoms with van der Waals surface area (Å²) in [6.07, 6.45) is 2.53. The van der Waals surface area contributed by atoms with Gasteiger partial charge in [-0.3, -0.25) is 0 Å². The molecule has 0 spiro atoms. The van der Waals surface area contributed by atoms with Gasteiger partial charge in [0.2, 0.25) is 0 Å². The molecule has 1 aromatic carbocycles. The van der Waals surface area contributed by atoms with Gasteiger partial charge in [-0.15, -0.1) is 0 Å². The zero-order valence-corrected chi connectivity index (χ0v) is 12.2. The predicted octanol–water partition coefficient (Wildman–Crippen LogP) is 0.942. The van der Waals surface area contributed by atoms with Crippen LogP contribution in [-0.4, -0.2) is 44.6 Å². The van der Waals surface area contributed by atoms with Gasteiger partial charge in [0, 0.05) is 0 Å². The van der Waals surface area contributed by atoms with Crippen molar-refractivity contribution in [2.75, 3.05) is 6.54 Å². The Morgan fingerprint density at radius 3 is 2.76 bits per heavy atom. The van der Waals surface area contributed by atoms with E-state index in [1.54, 1.807) is 17.1 Å². The van der Waals surface area contributed by atoms with Gasteiger partial charge in [0.15, 0.2) is 0 Å². The number of hydrogen-bond donors (Lipinski definition) is 1. The number of benzene rings is 1. The first kappa shape index (κ1) is 12.7. The molecule has 3 unspecified atom stereocenters. The average molecular weight is 295 g/mol. The SMILES string of the molecule is O=C(O)C1CCN([AsH2])C(Cc2ccccc2)C1. The number of piperidine rings is 1. The maximum atomic E-state index is 11.0. The van der Waals surface area contributed by atoms with Crippen molar-refractivity contribution in [3.63, 3.8) is 0 Å². The molecule has 0 radical (unpaired) electrons. The standard InChI is InChI=1S/C13H18AsNO2/c14-15-7-6-11(13(16)17)9-12(15)8-10-4-2-1-3-5-10/h1-5,11-12H,6-9,14H2,(H,16,17). The quantitative estimate of drug-likeness (QED) is 0.844. The molecule has 3 nitrogen and oxygen atoms in total. The van der Waals surface area contributed by atoms with Gasteiger partial charge in [0.1, 0.15) is 0 Å². The number of carboxylic acid groups (broad SMARTS) is 1. The predicted molar refractivity (Wildman–Crippen MR) is 69.5 cm³/mol. The summed E-state index contributed by atoms with van der Waals surface area (Å²) in [5.41, 5.74) is 1.30. The second kappa shape index (κ2) is 5.70. The third-order valence-corrected chi connectivity index (χ3v) is 4.85. The van der Waals surface area contributed by atoms with Crippen molar-refractivity contribution in [2.45, 2.75) is 25.3 Å². The number of aliphatic carboxylic acids is 1. The first-order chi connectivity index (χ1) is 8.16. The van der Waals surface area contributed by atoms with Crippen LogP contribution in [0.3, 0.4) is 0 Å². The topological polar surface area (TPSA) is 40.5 Å². The number of nitrogens with zero attached hydrogens (tertiary/aromatic N) is 1. The maximum absolute atomic E-state index is 11.0. The first-order valence-corrected chi connectivity index (χ1v) is 7.03. The molecule has 1 aromatic rings. The molecule has 0 saturated carbocycles. The number of carbonyl (C=O) groups is 1. The minimum absolute atomic E-state index is 0.157. The van der Waals surface area contributed by atoms with Crippen LogP contribution in [0.1, 0.15) is 18.4 Å². The van der Waals surface area contributed by atoms with Gasteiger partial charge < -0.3 is 0 Å². The monoisotopic (exact) mass is 295 g/mol. The van der Waals surface area contributed by atoms with E-state index in [0.29, 0.717) is 6.04 Å². The first-order valence-electron chi connectivity index (χ1n) is 5.95. The fraction of sp³-hybridized carbons (Fsp3) is 0.462. The third kappa shape index (κ3) is 3.33. The molecule has 92 valence electrons. The van der Waals surface area contributed by atoms with Crippen molar-refractivity contribution in [1.29, 1.82) is 0 Å². The van der Waals surface area contributed by atoms with E-state index in [9.17, 15) is 4.79 Å². The summed E-state index contributed by atoms with van der Waals surface area (Å²) in [5.74, 6) is -0.792. The van der Waals surface area contributed by atoms with E-state index >= 15 is 0 Å². The molecule has 0 aliphatic carbocycles. The van der Waals surface area contributed by atoms with Gasteiger partial charge in [-0.1, -0.05) is 0 Å². The molecule has 17 heavy (non-hydrogen) atoms. The van der Waals surface area contributed by atoms with Gasteiger partial charge in [0.25, 0.3) is 0 Å². The van der Waals surface area contributed by atoms with Crippen LogP contribution in [0.25, 0.3) is 0 Å². The van der Waals surface area contributed by atoms with E-state index in [1.807, 2.05) is 18.2 Å². The van der Waals surface area contributed by atoms with Gasteiger partial charge in [-0.2, -0.15) is 0 Å². The van der Waals surface area contributed by atoms with E-state index < -0.39 is 5.97 Å². The third-order valence-electron chi connectivity index (χ3n) is 3.42. The molecule has 1 saturated heterocycles. The van der Waals surface area contributed by atoms with Crippen LogP contribution in [0.15, 0.2) is 30.3 Å². The Bertz CT molecular complexity index is 382. The van der Waals surface area contributed by atoms with E-state index in [1.165, 1.54) is 5.56 Å². The number of hydrogen-bond acceptors (Lipinski definition) is 2. The molecule has 1 aliphatic heterocycles. The van der Waals surface area contributed by atoms with E-state index in [-0.39, 0.29) is 5.92 Å². The van der Waals surface area contributed by atoms with Gasteiger partial charge >= 0.3 is 110 Å². The Hall–Kier alpha value is -0.792. The molecule has 1 fully saturated rings. The van der Waals surface area contributed by atoms with Crippen molar-refractivity contribution < 1.29 is 9.90 Å². The van der Waals surface area contributed by atoms with Crippen molar-refractivity contribution in [2.24, 2.45) is 5.92 Å². The van der Waals surface area contributed by atoms with Crippen LogP contribution in [0.5, 0.6) is 0 Å². The fourth-order valence-electron chi connectivity index (χ4n) is 2.38. The average Bonchev–Trinajstić information content (AvgIpc) is 2.33. The van der Waals surface area contributed by atoms with Gasteiger partial charge in [0.05, 0.1) is 0 Å². The zero-order valence-electron chi connectivity index (χ0n) is 9.75. The molecule has 0 amide bonds. The molecule has 2 rings (SSSR count). The van der Waals surface area contributed by atoms with E-state index in [0.717, 1.165) is 25.8 Å². The Kier molecular flexibility index (Phi) is 4.24. The van der Waals surface area contributed by atoms with Crippen molar-refractivity contribution >= 4 is 23.0 Å². The van der Waals surface area contributed by atoms with Crippen LogP contribution in [-0.2, 0) is 11.2 Å².